The van der Waals surface area contributed by atoms with E-state index in [1.54, 1.807) is 0 Å². The number of hydrogen-bond donors (Lipinski definition) is 0. The fourth-order valence-corrected chi connectivity index (χ4v) is 5.69. The predicted molar refractivity (Wildman–Crippen MR) is 123 cm³/mol. The van der Waals surface area contributed by atoms with Gasteiger partial charge in [0.05, 0.1) is 0 Å². The van der Waals surface area contributed by atoms with E-state index in [4.69, 9.17) is 11.6 Å². The summed E-state index contributed by atoms with van der Waals surface area (Å²) in [5.41, 5.74) is 2.02. The fourth-order valence-electron chi connectivity index (χ4n) is 5.44. The predicted octanol–water partition coefficient (Wildman–Crippen LogP) is 5.80. The van der Waals surface area contributed by atoms with Crippen LogP contribution in [0.2, 0.25) is 5.02 Å². The first-order valence-corrected chi connectivity index (χ1v) is 12.4. The van der Waals surface area contributed by atoms with Crippen molar-refractivity contribution in [3.8, 4) is 0 Å². The molecule has 3 heterocycles. The molecule has 0 N–H and O–H groups in total. The number of alkyl halides is 4. The Labute approximate surface area is 203 Å². The number of halogens is 5. The molecule has 1 aromatic rings. The smallest absolute Gasteiger partial charge is 0.425 e. The number of carbonyl (C=O) groups excluding carboxylic acids is 1. The zero-order valence-electron chi connectivity index (χ0n) is 19.4. The Morgan fingerprint density at radius 1 is 1.12 bits per heavy atom. The van der Waals surface area contributed by atoms with E-state index < -0.39 is 24.5 Å². The van der Waals surface area contributed by atoms with Gasteiger partial charge < -0.3 is 14.5 Å². The van der Waals surface area contributed by atoms with Crippen molar-refractivity contribution in [2.24, 2.45) is 0 Å². The summed E-state index contributed by atoms with van der Waals surface area (Å²) in [4.78, 5) is 18.2. The third-order valence-corrected chi connectivity index (χ3v) is 7.76. The minimum Gasteiger partial charge on any atom is -0.437 e. The summed E-state index contributed by atoms with van der Waals surface area (Å²) >= 11 is 6.43. The third-order valence-electron chi connectivity index (χ3n) is 7.54. The standard InChI is InChI=1S/C24H32ClF4N3O2/c1-17(24(27,28)29)34-22(33)31-11-6-23(7-12-31)5-2-8-32(23)16-18-13-19(25)15-21(14-18)30-9-3-20(26)4-10-30/h13-15,17,20H,2-12,16H2,1H3. The number of piperidine rings is 2. The maximum absolute atomic E-state index is 13.6. The molecule has 0 radical (unpaired) electrons. The van der Waals surface area contributed by atoms with Gasteiger partial charge >= 0.3 is 12.3 Å². The van der Waals surface area contributed by atoms with Gasteiger partial charge in [-0.05, 0) is 75.8 Å². The number of carbonyl (C=O) groups is 1. The molecule has 0 aliphatic carbocycles. The van der Waals surface area contributed by atoms with Gasteiger partial charge in [-0.2, -0.15) is 13.2 Å². The van der Waals surface area contributed by atoms with E-state index in [2.05, 4.69) is 20.6 Å². The van der Waals surface area contributed by atoms with Crippen LogP contribution in [0.1, 0.15) is 51.0 Å². The minimum atomic E-state index is -4.56. The number of benzene rings is 1. The molecule has 0 saturated carbocycles. The van der Waals surface area contributed by atoms with Crippen molar-refractivity contribution in [2.45, 2.75) is 76.0 Å². The molecule has 3 aliphatic rings. The first-order valence-electron chi connectivity index (χ1n) is 12.0. The molecular weight excluding hydrogens is 474 g/mol. The van der Waals surface area contributed by atoms with Crippen LogP contribution in [0.5, 0.6) is 0 Å². The zero-order valence-corrected chi connectivity index (χ0v) is 20.2. The molecule has 3 fully saturated rings. The molecule has 0 aromatic heterocycles. The largest absolute Gasteiger partial charge is 0.437 e. The molecule has 1 unspecified atom stereocenters. The van der Waals surface area contributed by atoms with Crippen LogP contribution in [0.4, 0.5) is 28.0 Å². The van der Waals surface area contributed by atoms with E-state index >= 15 is 0 Å². The summed E-state index contributed by atoms with van der Waals surface area (Å²) in [5, 5.41) is 0.652. The maximum Gasteiger partial charge on any atom is 0.425 e. The second-order valence-electron chi connectivity index (χ2n) is 9.78. The van der Waals surface area contributed by atoms with Crippen LogP contribution in [0.25, 0.3) is 0 Å². The van der Waals surface area contributed by atoms with Crippen LogP contribution in [-0.2, 0) is 11.3 Å². The molecule has 3 saturated heterocycles. The van der Waals surface area contributed by atoms with Gasteiger partial charge in [-0.25, -0.2) is 9.18 Å². The number of nitrogens with zero attached hydrogens (tertiary/aromatic N) is 3. The van der Waals surface area contributed by atoms with Gasteiger partial charge in [-0.15, -0.1) is 0 Å². The Balaban J connectivity index is 1.38. The van der Waals surface area contributed by atoms with Crippen molar-refractivity contribution in [3.05, 3.63) is 28.8 Å². The highest BCUT2D eigenvalue weighted by Gasteiger charge is 2.45. The molecule has 1 spiro atoms. The first kappa shape index (κ1) is 25.4. The SMILES string of the molecule is CC(OC(=O)N1CCC2(CCCN2Cc2cc(Cl)cc(N3CCC(F)CC3)c2)CC1)C(F)(F)F. The Hall–Kier alpha value is -1.74. The molecule has 0 bridgehead atoms. The number of anilines is 1. The van der Waals surface area contributed by atoms with Gasteiger partial charge in [-0.1, -0.05) is 11.6 Å². The second-order valence-corrected chi connectivity index (χ2v) is 10.2. The van der Waals surface area contributed by atoms with Crippen LogP contribution in [0, 0.1) is 0 Å². The Morgan fingerprint density at radius 3 is 2.44 bits per heavy atom. The van der Waals surface area contributed by atoms with Gasteiger partial charge in [0.15, 0.2) is 6.10 Å². The number of hydrogen-bond acceptors (Lipinski definition) is 4. The molecule has 3 aliphatic heterocycles. The Kier molecular flexibility index (Phi) is 7.53. The maximum atomic E-state index is 13.6. The average molecular weight is 506 g/mol. The van der Waals surface area contributed by atoms with E-state index in [9.17, 15) is 22.4 Å². The van der Waals surface area contributed by atoms with Crippen LogP contribution >= 0.6 is 11.6 Å². The number of rotatable bonds is 4. The summed E-state index contributed by atoms with van der Waals surface area (Å²) in [6.07, 6.45) is -3.85. The summed E-state index contributed by atoms with van der Waals surface area (Å²) < 4.78 is 56.4. The highest BCUT2D eigenvalue weighted by molar-refractivity contribution is 6.30. The summed E-state index contributed by atoms with van der Waals surface area (Å²) in [7, 11) is 0. The fraction of sp³-hybridized carbons (Fsp3) is 0.708. The van der Waals surface area contributed by atoms with Crippen molar-refractivity contribution in [1.29, 1.82) is 0 Å². The van der Waals surface area contributed by atoms with Gasteiger partial charge in [-0.3, -0.25) is 4.90 Å². The van der Waals surface area contributed by atoms with E-state index in [-0.39, 0.29) is 5.54 Å². The Morgan fingerprint density at radius 2 is 1.79 bits per heavy atom. The lowest BCUT2D eigenvalue weighted by Gasteiger charge is -2.45. The van der Waals surface area contributed by atoms with E-state index in [0.29, 0.717) is 63.4 Å². The lowest BCUT2D eigenvalue weighted by Crippen LogP contribution is -2.53. The highest BCUT2D eigenvalue weighted by atomic mass is 35.5. The van der Waals surface area contributed by atoms with Gasteiger partial charge in [0, 0.05) is 49.0 Å². The highest BCUT2D eigenvalue weighted by Crippen LogP contribution is 2.40. The van der Waals surface area contributed by atoms with Crippen LogP contribution in [0.15, 0.2) is 18.2 Å². The third kappa shape index (κ3) is 5.73. The summed E-state index contributed by atoms with van der Waals surface area (Å²) in [6, 6.07) is 6.01. The molecule has 1 aromatic carbocycles. The summed E-state index contributed by atoms with van der Waals surface area (Å²) in [6.45, 7) is 4.58. The molecule has 190 valence electrons. The lowest BCUT2D eigenvalue weighted by molar-refractivity contribution is -0.200. The topological polar surface area (TPSA) is 36.0 Å². The molecule has 4 rings (SSSR count). The normalized spacial score (nSPS) is 22.9. The van der Waals surface area contributed by atoms with Gasteiger partial charge in [0.2, 0.25) is 0 Å². The zero-order chi connectivity index (χ0) is 24.5. The van der Waals surface area contributed by atoms with Gasteiger partial charge in [0.25, 0.3) is 0 Å². The monoisotopic (exact) mass is 505 g/mol. The van der Waals surface area contributed by atoms with E-state index in [1.165, 1.54) is 4.90 Å². The van der Waals surface area contributed by atoms with Crippen LogP contribution < -0.4 is 4.90 Å². The molecular formula is C24H32ClF4N3O2. The van der Waals surface area contributed by atoms with Crippen LogP contribution in [0.3, 0.4) is 0 Å². The van der Waals surface area contributed by atoms with Crippen LogP contribution in [-0.4, -0.2) is 72.6 Å². The second kappa shape index (κ2) is 10.1. The van der Waals surface area contributed by atoms with Crippen molar-refractivity contribution in [2.75, 3.05) is 37.6 Å². The molecule has 34 heavy (non-hydrogen) atoms. The average Bonchev–Trinajstić information content (AvgIpc) is 3.15. The Bertz CT molecular complexity index is 868. The minimum absolute atomic E-state index is 0.0819. The molecule has 5 nitrogen and oxygen atoms in total. The molecule has 10 heteroatoms. The van der Waals surface area contributed by atoms with Crippen molar-refractivity contribution in [3.63, 3.8) is 0 Å². The van der Waals surface area contributed by atoms with E-state index in [0.717, 1.165) is 37.6 Å². The van der Waals surface area contributed by atoms with Crippen molar-refractivity contribution >= 4 is 23.4 Å². The van der Waals surface area contributed by atoms with Gasteiger partial charge in [0.1, 0.15) is 6.17 Å². The number of likely N-dealkylation sites (tertiary alicyclic amines) is 2. The molecule has 1 amide bonds. The molecule has 1 atom stereocenters. The quantitative estimate of drug-likeness (QED) is 0.485. The lowest BCUT2D eigenvalue weighted by atomic mass is 9.85. The van der Waals surface area contributed by atoms with Crippen molar-refractivity contribution in [1.82, 2.24) is 9.80 Å². The number of ether oxygens (including phenoxy) is 1. The van der Waals surface area contributed by atoms with E-state index in [1.807, 2.05) is 12.1 Å². The summed E-state index contributed by atoms with van der Waals surface area (Å²) in [5.74, 6) is 0. The number of amides is 1. The first-order chi connectivity index (χ1) is 16.1. The van der Waals surface area contributed by atoms with Crippen molar-refractivity contribution < 1.29 is 27.1 Å².